The fourth-order valence-corrected chi connectivity index (χ4v) is 5.16. The Hall–Kier alpha value is -1.93. The molecular formula is C20H18Cl2N2O3S2. The summed E-state index contributed by atoms with van der Waals surface area (Å²) in [5, 5.41) is 5.92. The van der Waals surface area contributed by atoms with E-state index in [2.05, 4.69) is 10.3 Å². The van der Waals surface area contributed by atoms with Crippen LogP contribution in [0.25, 0.3) is 11.3 Å². The Morgan fingerprint density at radius 1 is 1.14 bits per heavy atom. The summed E-state index contributed by atoms with van der Waals surface area (Å²) in [7, 11) is -3.40. The molecule has 9 heteroatoms. The minimum Gasteiger partial charge on any atom is -0.302 e. The Morgan fingerprint density at radius 2 is 1.86 bits per heavy atom. The normalized spacial score (nSPS) is 11.4. The second kappa shape index (κ2) is 9.26. The number of carbonyl (C=O) groups is 1. The van der Waals surface area contributed by atoms with Gasteiger partial charge < -0.3 is 5.32 Å². The number of thiazole rings is 1. The number of nitrogens with zero attached hydrogens (tertiary/aromatic N) is 1. The van der Waals surface area contributed by atoms with Crippen LogP contribution in [0, 0.1) is 6.92 Å². The molecule has 3 aromatic rings. The highest BCUT2D eigenvalue weighted by molar-refractivity contribution is 7.91. The van der Waals surface area contributed by atoms with Crippen molar-refractivity contribution >= 4 is 55.4 Å². The van der Waals surface area contributed by atoms with Gasteiger partial charge in [0.15, 0.2) is 15.0 Å². The highest BCUT2D eigenvalue weighted by Gasteiger charge is 2.16. The van der Waals surface area contributed by atoms with Crippen LogP contribution in [0.4, 0.5) is 5.13 Å². The highest BCUT2D eigenvalue weighted by atomic mass is 35.5. The summed E-state index contributed by atoms with van der Waals surface area (Å²) in [6, 6.07) is 11.8. The van der Waals surface area contributed by atoms with Crippen LogP contribution in [0.1, 0.15) is 18.4 Å². The number of carbonyl (C=O) groups excluding carboxylic acids is 1. The summed E-state index contributed by atoms with van der Waals surface area (Å²) >= 11 is 13.4. The molecule has 1 aromatic heterocycles. The van der Waals surface area contributed by atoms with Gasteiger partial charge in [-0.2, -0.15) is 0 Å². The predicted octanol–water partition coefficient (Wildman–Crippen LogP) is 5.62. The fourth-order valence-electron chi connectivity index (χ4n) is 2.62. The lowest BCUT2D eigenvalue weighted by molar-refractivity contribution is -0.116. The van der Waals surface area contributed by atoms with Gasteiger partial charge in [-0.05, 0) is 43.7 Å². The molecule has 0 unspecified atom stereocenters. The van der Waals surface area contributed by atoms with Crippen LogP contribution in [0.5, 0.6) is 0 Å². The number of anilines is 1. The van der Waals surface area contributed by atoms with E-state index < -0.39 is 9.84 Å². The third-order valence-corrected chi connectivity index (χ3v) is 7.28. The van der Waals surface area contributed by atoms with Crippen LogP contribution < -0.4 is 5.32 Å². The lowest BCUT2D eigenvalue weighted by atomic mass is 10.2. The highest BCUT2D eigenvalue weighted by Crippen LogP contribution is 2.32. The summed E-state index contributed by atoms with van der Waals surface area (Å²) in [4.78, 5) is 16.8. The average molecular weight is 469 g/mol. The Bertz CT molecular complexity index is 1130. The average Bonchev–Trinajstić information content (AvgIpc) is 3.10. The smallest absolute Gasteiger partial charge is 0.226 e. The number of aromatic nitrogens is 1. The van der Waals surface area contributed by atoms with Gasteiger partial charge in [-0.1, -0.05) is 40.9 Å². The molecule has 5 nitrogen and oxygen atoms in total. The number of rotatable bonds is 7. The first kappa shape index (κ1) is 21.8. The number of halogens is 2. The molecule has 0 saturated heterocycles. The monoisotopic (exact) mass is 468 g/mol. The van der Waals surface area contributed by atoms with Crippen molar-refractivity contribution in [1.29, 1.82) is 0 Å². The molecule has 0 atom stereocenters. The number of hydrogen-bond donors (Lipinski definition) is 1. The number of benzene rings is 2. The molecule has 29 heavy (non-hydrogen) atoms. The van der Waals surface area contributed by atoms with Crippen LogP contribution in [-0.2, 0) is 14.6 Å². The molecule has 0 fully saturated rings. The molecular weight excluding hydrogens is 451 g/mol. The van der Waals surface area contributed by atoms with Gasteiger partial charge in [0.1, 0.15) is 0 Å². The van der Waals surface area contributed by atoms with Gasteiger partial charge in [0.25, 0.3) is 0 Å². The first-order valence-electron chi connectivity index (χ1n) is 8.75. The van der Waals surface area contributed by atoms with Crippen LogP contribution in [0.15, 0.2) is 52.7 Å². The van der Waals surface area contributed by atoms with Crippen molar-refractivity contribution in [1.82, 2.24) is 4.98 Å². The number of hydrogen-bond acceptors (Lipinski definition) is 5. The zero-order chi connectivity index (χ0) is 21.0. The largest absolute Gasteiger partial charge is 0.302 e. The molecule has 3 rings (SSSR count). The van der Waals surface area contributed by atoms with Crippen molar-refractivity contribution in [2.75, 3.05) is 11.1 Å². The Labute approximate surface area is 183 Å². The SMILES string of the molecule is Cc1ccc(S(=O)(=O)CCCC(=O)Nc2nc(-c3ccc(Cl)cc3Cl)cs2)cc1. The quantitative estimate of drug-likeness (QED) is 0.488. The molecule has 0 radical (unpaired) electrons. The minimum atomic E-state index is -3.40. The molecule has 1 amide bonds. The minimum absolute atomic E-state index is 0.0850. The van der Waals surface area contributed by atoms with Gasteiger partial charge in [-0.25, -0.2) is 13.4 Å². The molecule has 0 spiro atoms. The third-order valence-electron chi connectivity index (χ3n) is 4.15. The van der Waals surface area contributed by atoms with E-state index in [1.54, 1.807) is 47.8 Å². The number of aryl methyl sites for hydroxylation is 1. The number of amides is 1. The molecule has 1 heterocycles. The van der Waals surface area contributed by atoms with E-state index in [9.17, 15) is 13.2 Å². The molecule has 0 aliphatic carbocycles. The number of sulfone groups is 1. The van der Waals surface area contributed by atoms with E-state index in [-0.39, 0.29) is 29.4 Å². The summed E-state index contributed by atoms with van der Waals surface area (Å²) in [6.07, 6.45) is 0.311. The molecule has 152 valence electrons. The first-order chi connectivity index (χ1) is 13.7. The van der Waals surface area contributed by atoms with Crippen molar-refractivity contribution in [3.05, 3.63) is 63.5 Å². The summed E-state index contributed by atoms with van der Waals surface area (Å²) in [5.74, 6) is -0.375. The van der Waals surface area contributed by atoms with Gasteiger partial charge in [-0.15, -0.1) is 11.3 Å². The zero-order valence-electron chi connectivity index (χ0n) is 15.5. The Kier molecular flexibility index (Phi) is 6.95. The van der Waals surface area contributed by atoms with Gasteiger partial charge in [-0.3, -0.25) is 4.79 Å². The summed E-state index contributed by atoms with van der Waals surface area (Å²) in [6.45, 7) is 1.89. The van der Waals surface area contributed by atoms with E-state index >= 15 is 0 Å². The van der Waals surface area contributed by atoms with E-state index in [4.69, 9.17) is 23.2 Å². The summed E-state index contributed by atoms with van der Waals surface area (Å²) in [5.41, 5.74) is 2.34. The maximum atomic E-state index is 12.3. The second-order valence-corrected chi connectivity index (χ2v) is 10.3. The van der Waals surface area contributed by atoms with E-state index in [0.717, 1.165) is 11.1 Å². The lowest BCUT2D eigenvalue weighted by Crippen LogP contribution is -2.14. The first-order valence-corrected chi connectivity index (χ1v) is 12.0. The van der Waals surface area contributed by atoms with Gasteiger partial charge in [0.2, 0.25) is 5.91 Å². The maximum absolute atomic E-state index is 12.3. The molecule has 0 bridgehead atoms. The molecule has 2 aromatic carbocycles. The van der Waals surface area contributed by atoms with Gasteiger partial charge in [0.05, 0.1) is 21.4 Å². The summed E-state index contributed by atoms with van der Waals surface area (Å²) < 4.78 is 24.7. The van der Waals surface area contributed by atoms with Crippen LogP contribution >= 0.6 is 34.5 Å². The molecule has 0 aliphatic heterocycles. The van der Waals surface area contributed by atoms with Crippen molar-refractivity contribution in [2.45, 2.75) is 24.7 Å². The maximum Gasteiger partial charge on any atom is 0.226 e. The van der Waals surface area contributed by atoms with Crippen LogP contribution in [-0.4, -0.2) is 25.1 Å². The van der Waals surface area contributed by atoms with Crippen molar-refractivity contribution in [3.63, 3.8) is 0 Å². The van der Waals surface area contributed by atoms with Crippen molar-refractivity contribution in [2.24, 2.45) is 0 Å². The molecule has 1 N–H and O–H groups in total. The molecule has 0 saturated carbocycles. The number of nitrogens with one attached hydrogen (secondary N) is 1. The van der Waals surface area contributed by atoms with E-state index in [0.29, 0.717) is 20.9 Å². The zero-order valence-corrected chi connectivity index (χ0v) is 18.6. The molecule has 0 aliphatic rings. The third kappa shape index (κ3) is 5.79. The van der Waals surface area contributed by atoms with E-state index in [1.165, 1.54) is 11.3 Å². The van der Waals surface area contributed by atoms with Crippen molar-refractivity contribution in [3.8, 4) is 11.3 Å². The lowest BCUT2D eigenvalue weighted by Gasteiger charge is -2.05. The van der Waals surface area contributed by atoms with Crippen molar-refractivity contribution < 1.29 is 13.2 Å². The standard InChI is InChI=1S/C20H18Cl2N2O3S2/c1-13-4-7-15(8-5-13)29(26,27)10-2-3-19(25)24-20-23-18(12-28-20)16-9-6-14(21)11-17(16)22/h4-9,11-12H,2-3,10H2,1H3,(H,23,24,25). The fraction of sp³-hybridized carbons (Fsp3) is 0.200. The van der Waals surface area contributed by atoms with Gasteiger partial charge in [0, 0.05) is 22.4 Å². The van der Waals surface area contributed by atoms with E-state index in [1.807, 2.05) is 6.92 Å². The Balaban J connectivity index is 1.55. The van der Waals surface area contributed by atoms with Crippen LogP contribution in [0.2, 0.25) is 10.0 Å². The topological polar surface area (TPSA) is 76.1 Å². The predicted molar refractivity (Wildman–Crippen MR) is 119 cm³/mol. The second-order valence-electron chi connectivity index (χ2n) is 6.45. The Morgan fingerprint density at radius 3 is 2.55 bits per heavy atom. The van der Waals surface area contributed by atoms with Crippen LogP contribution in [0.3, 0.4) is 0 Å². The van der Waals surface area contributed by atoms with Gasteiger partial charge >= 0.3 is 0 Å².